The summed E-state index contributed by atoms with van der Waals surface area (Å²) in [5.41, 5.74) is 1.21. The van der Waals surface area contributed by atoms with Crippen LogP contribution in [0.3, 0.4) is 0 Å². The summed E-state index contributed by atoms with van der Waals surface area (Å²) >= 11 is 0. The van der Waals surface area contributed by atoms with E-state index >= 15 is 0 Å². The molecule has 0 aliphatic carbocycles. The van der Waals surface area contributed by atoms with Gasteiger partial charge in [0, 0.05) is 5.70 Å². The number of carbonyl (C=O) groups excluding carboxylic acids is 1. The molecule has 1 aliphatic heterocycles. The van der Waals surface area contributed by atoms with Crippen LogP contribution < -0.4 is 10.1 Å². The maximum absolute atomic E-state index is 12.7. The smallest absolute Gasteiger partial charge is 0.317 e. The van der Waals surface area contributed by atoms with E-state index < -0.39 is 17.9 Å². The van der Waals surface area contributed by atoms with E-state index in [-0.39, 0.29) is 11.9 Å². The molecule has 1 aromatic heterocycles. The molecule has 0 saturated carbocycles. The Labute approximate surface area is 151 Å². The van der Waals surface area contributed by atoms with Crippen LogP contribution in [0.5, 0.6) is 11.5 Å². The molecule has 26 heavy (non-hydrogen) atoms. The van der Waals surface area contributed by atoms with Crippen molar-refractivity contribution in [1.29, 1.82) is 0 Å². The van der Waals surface area contributed by atoms with Crippen molar-refractivity contribution in [2.45, 2.75) is 32.9 Å². The average molecular weight is 358 g/mol. The summed E-state index contributed by atoms with van der Waals surface area (Å²) in [7, 11) is 0. The van der Waals surface area contributed by atoms with Gasteiger partial charge in [-0.15, -0.1) is 0 Å². The molecule has 2 heterocycles. The van der Waals surface area contributed by atoms with Gasteiger partial charge in [-0.1, -0.05) is 12.6 Å². The van der Waals surface area contributed by atoms with Gasteiger partial charge in [0.05, 0.1) is 18.8 Å². The third kappa shape index (κ3) is 3.22. The molecule has 2 atom stereocenters. The molecule has 0 spiro atoms. The fraction of sp³-hybridized carbons (Fsp3) is 0.389. The van der Waals surface area contributed by atoms with Crippen LogP contribution in [-0.2, 0) is 9.53 Å². The predicted octanol–water partition coefficient (Wildman–Crippen LogP) is 2.48. The second-order valence-corrected chi connectivity index (χ2v) is 6.25. The topological polar surface area (TPSA) is 98.5 Å². The number of carbonyl (C=O) groups is 1. The van der Waals surface area contributed by atoms with Crippen molar-refractivity contribution in [2.24, 2.45) is 5.92 Å². The van der Waals surface area contributed by atoms with Gasteiger partial charge >= 0.3 is 5.97 Å². The summed E-state index contributed by atoms with van der Waals surface area (Å²) in [4.78, 5) is 16.9. The zero-order valence-electron chi connectivity index (χ0n) is 15.0. The number of hydrogen-bond acceptors (Lipinski definition) is 7. The Hall–Kier alpha value is -3.03. The maximum Gasteiger partial charge on any atom is 0.317 e. The molecule has 138 valence electrons. The largest absolute Gasteiger partial charge is 0.504 e. The van der Waals surface area contributed by atoms with E-state index in [4.69, 9.17) is 9.47 Å². The first-order chi connectivity index (χ1) is 12.4. The van der Waals surface area contributed by atoms with E-state index in [1.165, 1.54) is 12.4 Å². The van der Waals surface area contributed by atoms with Crippen LogP contribution in [0, 0.1) is 5.92 Å². The van der Waals surface area contributed by atoms with Gasteiger partial charge in [-0.3, -0.25) is 4.79 Å². The van der Waals surface area contributed by atoms with Gasteiger partial charge in [-0.05, 0) is 38.5 Å². The number of nitrogens with one attached hydrogen (secondary N) is 1. The third-order valence-corrected chi connectivity index (χ3v) is 4.03. The summed E-state index contributed by atoms with van der Waals surface area (Å²) in [6.45, 7) is 9.80. The van der Waals surface area contributed by atoms with Crippen molar-refractivity contribution in [1.82, 2.24) is 14.8 Å². The summed E-state index contributed by atoms with van der Waals surface area (Å²) in [5, 5.41) is 17.2. The van der Waals surface area contributed by atoms with Crippen LogP contribution in [-0.4, -0.2) is 38.6 Å². The Bertz CT molecular complexity index is 830. The van der Waals surface area contributed by atoms with E-state index in [9.17, 15) is 9.90 Å². The highest BCUT2D eigenvalue weighted by Crippen LogP contribution is 2.40. The van der Waals surface area contributed by atoms with Gasteiger partial charge in [0.2, 0.25) is 5.95 Å². The number of phenols is 1. The third-order valence-electron chi connectivity index (χ3n) is 4.03. The van der Waals surface area contributed by atoms with Crippen molar-refractivity contribution < 1.29 is 19.4 Å². The van der Waals surface area contributed by atoms with Crippen molar-refractivity contribution in [2.75, 3.05) is 11.9 Å². The first-order valence-corrected chi connectivity index (χ1v) is 8.43. The van der Waals surface area contributed by atoms with E-state index in [1.54, 1.807) is 30.7 Å². The second-order valence-electron chi connectivity index (χ2n) is 6.25. The van der Waals surface area contributed by atoms with Gasteiger partial charge < -0.3 is 19.9 Å². The number of rotatable bonds is 5. The molecule has 3 rings (SSSR count). The quantitative estimate of drug-likeness (QED) is 0.792. The highest BCUT2D eigenvalue weighted by atomic mass is 16.5. The standard InChI is InChI=1S/C18H22N4O4/c1-5-25-14-8-12(6-7-13(14)23)16-15(17(24)26-10(2)3)11(4)21-18-19-9-20-22(16)18/h6-10,15-16,23H,4-5H2,1-3H3,(H,19,20,21). The lowest BCUT2D eigenvalue weighted by Crippen LogP contribution is -2.38. The Kier molecular flexibility index (Phi) is 4.83. The van der Waals surface area contributed by atoms with Crippen LogP contribution in [0.15, 0.2) is 36.8 Å². The maximum atomic E-state index is 12.7. The number of hydrogen-bond donors (Lipinski definition) is 2. The summed E-state index contributed by atoms with van der Waals surface area (Å²) < 4.78 is 12.5. The molecule has 1 aliphatic rings. The molecule has 0 bridgehead atoms. The molecule has 8 nitrogen and oxygen atoms in total. The fourth-order valence-corrected chi connectivity index (χ4v) is 2.99. The highest BCUT2D eigenvalue weighted by Gasteiger charge is 2.41. The minimum absolute atomic E-state index is 0.0310. The summed E-state index contributed by atoms with van der Waals surface area (Å²) in [5.74, 6) is -0.254. The highest BCUT2D eigenvalue weighted by molar-refractivity contribution is 5.79. The van der Waals surface area contributed by atoms with Gasteiger partial charge in [0.25, 0.3) is 0 Å². The lowest BCUT2D eigenvalue weighted by Gasteiger charge is -2.33. The molecule has 2 unspecified atom stereocenters. The number of phenolic OH excluding ortho intramolecular Hbond substituents is 1. The number of benzene rings is 1. The molecule has 2 aromatic rings. The van der Waals surface area contributed by atoms with Gasteiger partial charge in [0.15, 0.2) is 11.5 Å². The number of aromatic hydroxyl groups is 1. The van der Waals surface area contributed by atoms with E-state index in [0.29, 0.717) is 24.0 Å². The van der Waals surface area contributed by atoms with Crippen LogP contribution >= 0.6 is 0 Å². The van der Waals surface area contributed by atoms with Crippen molar-refractivity contribution in [3.8, 4) is 11.5 Å². The zero-order valence-corrected chi connectivity index (χ0v) is 15.0. The number of anilines is 1. The van der Waals surface area contributed by atoms with E-state index in [2.05, 4.69) is 22.0 Å². The number of nitrogens with zero attached hydrogens (tertiary/aromatic N) is 3. The molecule has 2 N–H and O–H groups in total. The van der Waals surface area contributed by atoms with Gasteiger partial charge in [-0.2, -0.15) is 10.1 Å². The number of fused-ring (bicyclic) bond motifs is 1. The second kappa shape index (κ2) is 7.07. The van der Waals surface area contributed by atoms with E-state index in [0.717, 1.165) is 5.56 Å². The van der Waals surface area contributed by atoms with Crippen LogP contribution in [0.4, 0.5) is 5.95 Å². The van der Waals surface area contributed by atoms with Crippen molar-refractivity contribution in [3.63, 3.8) is 0 Å². The fourth-order valence-electron chi connectivity index (χ4n) is 2.99. The summed E-state index contributed by atoms with van der Waals surface area (Å²) in [6.07, 6.45) is 1.15. The molecule has 8 heteroatoms. The first kappa shape index (κ1) is 17.8. The van der Waals surface area contributed by atoms with Crippen LogP contribution in [0.25, 0.3) is 0 Å². The Morgan fingerprint density at radius 1 is 1.46 bits per heavy atom. The lowest BCUT2D eigenvalue weighted by atomic mass is 9.89. The average Bonchev–Trinajstić information content (AvgIpc) is 3.03. The van der Waals surface area contributed by atoms with Crippen molar-refractivity contribution >= 4 is 11.9 Å². The number of aromatic nitrogens is 3. The monoisotopic (exact) mass is 358 g/mol. The molecule has 0 radical (unpaired) electrons. The zero-order chi connectivity index (χ0) is 18.8. The lowest BCUT2D eigenvalue weighted by molar-refractivity contribution is -0.152. The number of esters is 1. The predicted molar refractivity (Wildman–Crippen MR) is 94.9 cm³/mol. The minimum atomic E-state index is -0.703. The summed E-state index contributed by atoms with van der Waals surface area (Å²) in [6, 6.07) is 4.44. The first-order valence-electron chi connectivity index (χ1n) is 8.43. The van der Waals surface area contributed by atoms with Crippen LogP contribution in [0.2, 0.25) is 0 Å². The molecule has 0 saturated heterocycles. The molecular weight excluding hydrogens is 336 g/mol. The normalized spacial score (nSPS) is 19.0. The Morgan fingerprint density at radius 2 is 2.23 bits per heavy atom. The Morgan fingerprint density at radius 3 is 2.92 bits per heavy atom. The van der Waals surface area contributed by atoms with Gasteiger partial charge in [-0.25, -0.2) is 4.68 Å². The molecule has 1 aromatic carbocycles. The number of ether oxygens (including phenoxy) is 2. The SMILES string of the molecule is C=C1Nc2ncnn2C(c2ccc(O)c(OCC)c2)C1C(=O)OC(C)C. The molecule has 0 amide bonds. The van der Waals surface area contributed by atoms with Crippen molar-refractivity contribution in [3.05, 3.63) is 42.4 Å². The minimum Gasteiger partial charge on any atom is -0.504 e. The Balaban J connectivity index is 2.09. The van der Waals surface area contributed by atoms with Gasteiger partial charge in [0.1, 0.15) is 12.2 Å². The molecule has 0 fully saturated rings. The molecular formula is C18H22N4O4. The van der Waals surface area contributed by atoms with Crippen LogP contribution in [0.1, 0.15) is 32.4 Å². The van der Waals surface area contributed by atoms with E-state index in [1.807, 2.05) is 6.92 Å².